The van der Waals surface area contributed by atoms with E-state index in [-0.39, 0.29) is 17.9 Å². The zero-order valence-corrected chi connectivity index (χ0v) is 10.8. The number of para-hydroxylation sites is 1. The first-order valence-electron chi connectivity index (χ1n) is 5.71. The van der Waals surface area contributed by atoms with E-state index in [4.69, 9.17) is 4.74 Å². The SMILES string of the molecule is COCC(C)NC(=O)c1ccccc1NC(C)=O. The molecular formula is C13H18N2O3. The molecule has 0 aliphatic heterocycles. The van der Waals surface area contributed by atoms with Gasteiger partial charge in [0, 0.05) is 20.1 Å². The quantitative estimate of drug-likeness (QED) is 0.830. The number of ether oxygens (including phenoxy) is 1. The lowest BCUT2D eigenvalue weighted by atomic mass is 10.1. The molecule has 5 heteroatoms. The van der Waals surface area contributed by atoms with Crippen LogP contribution < -0.4 is 10.6 Å². The molecule has 1 aromatic rings. The van der Waals surface area contributed by atoms with Gasteiger partial charge in [-0.25, -0.2) is 0 Å². The number of rotatable bonds is 5. The normalized spacial score (nSPS) is 11.7. The van der Waals surface area contributed by atoms with E-state index in [9.17, 15) is 9.59 Å². The highest BCUT2D eigenvalue weighted by atomic mass is 16.5. The van der Waals surface area contributed by atoms with E-state index in [0.717, 1.165) is 0 Å². The summed E-state index contributed by atoms with van der Waals surface area (Å²) in [5, 5.41) is 5.42. The van der Waals surface area contributed by atoms with E-state index in [1.54, 1.807) is 31.4 Å². The first-order valence-corrected chi connectivity index (χ1v) is 5.71. The van der Waals surface area contributed by atoms with Crippen molar-refractivity contribution in [1.29, 1.82) is 0 Å². The smallest absolute Gasteiger partial charge is 0.253 e. The maximum absolute atomic E-state index is 12.0. The lowest BCUT2D eigenvalue weighted by Crippen LogP contribution is -2.36. The number of hydrogen-bond acceptors (Lipinski definition) is 3. The molecule has 1 atom stereocenters. The van der Waals surface area contributed by atoms with Crippen molar-refractivity contribution in [1.82, 2.24) is 5.32 Å². The van der Waals surface area contributed by atoms with Crippen LogP contribution in [0.25, 0.3) is 0 Å². The number of amides is 2. The van der Waals surface area contributed by atoms with Crippen molar-refractivity contribution < 1.29 is 14.3 Å². The maximum atomic E-state index is 12.0. The van der Waals surface area contributed by atoms with Crippen LogP contribution in [-0.4, -0.2) is 31.6 Å². The van der Waals surface area contributed by atoms with Crippen molar-refractivity contribution in [2.24, 2.45) is 0 Å². The molecule has 0 aliphatic carbocycles. The number of nitrogens with one attached hydrogen (secondary N) is 2. The predicted octanol–water partition coefficient (Wildman–Crippen LogP) is 1.41. The standard InChI is InChI=1S/C13H18N2O3/c1-9(8-18-3)14-13(17)11-6-4-5-7-12(11)15-10(2)16/h4-7,9H,8H2,1-3H3,(H,14,17)(H,15,16). The molecule has 0 aromatic heterocycles. The van der Waals surface area contributed by atoms with Crippen LogP contribution in [0.5, 0.6) is 0 Å². The number of hydrogen-bond donors (Lipinski definition) is 2. The summed E-state index contributed by atoms with van der Waals surface area (Å²) in [4.78, 5) is 23.1. The molecule has 98 valence electrons. The molecule has 0 fully saturated rings. The second kappa shape index (κ2) is 6.76. The Morgan fingerprint density at radius 2 is 2.00 bits per heavy atom. The molecule has 0 saturated heterocycles. The van der Waals surface area contributed by atoms with Gasteiger partial charge in [-0.05, 0) is 19.1 Å². The minimum atomic E-state index is -0.232. The zero-order chi connectivity index (χ0) is 13.5. The van der Waals surface area contributed by atoms with Gasteiger partial charge in [0.2, 0.25) is 5.91 Å². The molecule has 0 bridgehead atoms. The van der Waals surface area contributed by atoms with E-state index >= 15 is 0 Å². The fourth-order valence-corrected chi connectivity index (χ4v) is 1.57. The maximum Gasteiger partial charge on any atom is 0.253 e. The molecule has 0 heterocycles. The summed E-state index contributed by atoms with van der Waals surface area (Å²) in [6.45, 7) is 3.69. The Bertz CT molecular complexity index is 432. The van der Waals surface area contributed by atoms with Gasteiger partial charge in [-0.2, -0.15) is 0 Å². The Morgan fingerprint density at radius 3 is 2.61 bits per heavy atom. The lowest BCUT2D eigenvalue weighted by Gasteiger charge is -2.14. The number of carbonyl (C=O) groups is 2. The summed E-state index contributed by atoms with van der Waals surface area (Å²) in [5.74, 6) is -0.441. The average molecular weight is 250 g/mol. The highest BCUT2D eigenvalue weighted by molar-refractivity contribution is 6.03. The average Bonchev–Trinajstić information content (AvgIpc) is 2.28. The number of carbonyl (C=O) groups excluding carboxylic acids is 2. The number of anilines is 1. The summed E-state index contributed by atoms with van der Waals surface area (Å²) in [7, 11) is 1.58. The Hall–Kier alpha value is -1.88. The summed E-state index contributed by atoms with van der Waals surface area (Å²) in [5.41, 5.74) is 0.947. The van der Waals surface area contributed by atoms with Crippen LogP contribution in [0.1, 0.15) is 24.2 Å². The minimum absolute atomic E-state index is 0.0899. The van der Waals surface area contributed by atoms with Crippen LogP contribution in [0.4, 0.5) is 5.69 Å². The zero-order valence-electron chi connectivity index (χ0n) is 10.8. The molecule has 0 radical (unpaired) electrons. The van der Waals surface area contributed by atoms with Gasteiger partial charge < -0.3 is 15.4 Å². The largest absolute Gasteiger partial charge is 0.383 e. The molecule has 2 amide bonds. The second-order valence-corrected chi connectivity index (χ2v) is 4.06. The van der Waals surface area contributed by atoms with Crippen LogP contribution in [0.2, 0.25) is 0 Å². The topological polar surface area (TPSA) is 67.4 Å². The second-order valence-electron chi connectivity index (χ2n) is 4.06. The van der Waals surface area contributed by atoms with Gasteiger partial charge in [0.1, 0.15) is 0 Å². The van der Waals surface area contributed by atoms with E-state index in [1.807, 2.05) is 6.92 Å². The first kappa shape index (κ1) is 14.2. The predicted molar refractivity (Wildman–Crippen MR) is 69.5 cm³/mol. The third-order valence-corrected chi connectivity index (χ3v) is 2.28. The fraction of sp³-hybridized carbons (Fsp3) is 0.385. The summed E-state index contributed by atoms with van der Waals surface area (Å²) < 4.78 is 4.95. The highest BCUT2D eigenvalue weighted by Gasteiger charge is 2.13. The third-order valence-electron chi connectivity index (χ3n) is 2.28. The van der Waals surface area contributed by atoms with Crippen LogP contribution in [0.3, 0.4) is 0 Å². The van der Waals surface area contributed by atoms with Gasteiger partial charge in [0.05, 0.1) is 17.9 Å². The molecule has 1 aromatic carbocycles. The van der Waals surface area contributed by atoms with Crippen LogP contribution in [-0.2, 0) is 9.53 Å². The lowest BCUT2D eigenvalue weighted by molar-refractivity contribution is -0.114. The molecular weight excluding hydrogens is 232 g/mol. The molecule has 1 rings (SSSR count). The van der Waals surface area contributed by atoms with Crippen molar-refractivity contribution in [3.8, 4) is 0 Å². The van der Waals surface area contributed by atoms with Gasteiger partial charge in [-0.15, -0.1) is 0 Å². The van der Waals surface area contributed by atoms with E-state index in [1.165, 1.54) is 6.92 Å². The van der Waals surface area contributed by atoms with Crippen molar-refractivity contribution in [3.05, 3.63) is 29.8 Å². The van der Waals surface area contributed by atoms with E-state index in [2.05, 4.69) is 10.6 Å². The van der Waals surface area contributed by atoms with Crippen LogP contribution in [0, 0.1) is 0 Å². The minimum Gasteiger partial charge on any atom is -0.383 e. The van der Waals surface area contributed by atoms with Crippen LogP contribution in [0.15, 0.2) is 24.3 Å². The molecule has 1 unspecified atom stereocenters. The Labute approximate surface area is 107 Å². The first-order chi connectivity index (χ1) is 8.54. The molecule has 0 saturated carbocycles. The number of benzene rings is 1. The van der Waals surface area contributed by atoms with Crippen molar-refractivity contribution in [3.63, 3.8) is 0 Å². The summed E-state index contributed by atoms with van der Waals surface area (Å²) in [6.07, 6.45) is 0. The fourth-order valence-electron chi connectivity index (χ4n) is 1.57. The highest BCUT2D eigenvalue weighted by Crippen LogP contribution is 2.14. The third kappa shape index (κ3) is 4.18. The molecule has 0 spiro atoms. The monoisotopic (exact) mass is 250 g/mol. The summed E-state index contributed by atoms with van der Waals surface area (Å²) >= 11 is 0. The molecule has 2 N–H and O–H groups in total. The Balaban J connectivity index is 2.81. The number of methoxy groups -OCH3 is 1. The molecule has 5 nitrogen and oxygen atoms in total. The van der Waals surface area contributed by atoms with Gasteiger partial charge in [-0.1, -0.05) is 12.1 Å². The van der Waals surface area contributed by atoms with E-state index < -0.39 is 0 Å². The van der Waals surface area contributed by atoms with Gasteiger partial charge in [-0.3, -0.25) is 9.59 Å². The summed E-state index contributed by atoms with van der Waals surface area (Å²) in [6, 6.07) is 6.78. The molecule has 0 aliphatic rings. The Kier molecular flexibility index (Phi) is 5.32. The van der Waals surface area contributed by atoms with Gasteiger partial charge in [0.25, 0.3) is 5.91 Å². The van der Waals surface area contributed by atoms with Crippen molar-refractivity contribution in [2.45, 2.75) is 19.9 Å². The van der Waals surface area contributed by atoms with Crippen molar-refractivity contribution in [2.75, 3.05) is 19.0 Å². The Morgan fingerprint density at radius 1 is 1.33 bits per heavy atom. The molecule has 18 heavy (non-hydrogen) atoms. The van der Waals surface area contributed by atoms with Gasteiger partial charge in [0.15, 0.2) is 0 Å². The van der Waals surface area contributed by atoms with Crippen LogP contribution >= 0.6 is 0 Å². The van der Waals surface area contributed by atoms with E-state index in [0.29, 0.717) is 17.9 Å². The van der Waals surface area contributed by atoms with Crippen molar-refractivity contribution >= 4 is 17.5 Å². The van der Waals surface area contributed by atoms with Gasteiger partial charge >= 0.3 is 0 Å².